The summed E-state index contributed by atoms with van der Waals surface area (Å²) in [5, 5.41) is 4.52. The number of ketones is 1. The molecule has 3 aliphatic rings. The molecule has 7 nitrogen and oxygen atoms in total. The predicted molar refractivity (Wildman–Crippen MR) is 139 cm³/mol. The Morgan fingerprint density at radius 2 is 1.92 bits per heavy atom. The van der Waals surface area contributed by atoms with Gasteiger partial charge in [0.1, 0.15) is 5.82 Å². The molecule has 0 fully saturated rings. The van der Waals surface area contributed by atoms with Crippen LogP contribution < -0.4 is 20.3 Å². The van der Waals surface area contributed by atoms with Crippen molar-refractivity contribution in [1.29, 1.82) is 0 Å². The number of thioether (sulfide) groups is 1. The molecular weight excluding hydrogens is 498 g/mol. The molecule has 2 aliphatic heterocycles. The first-order chi connectivity index (χ1) is 17.3. The molecule has 2 aromatic carbocycles. The average molecular weight is 522 g/mol. The molecule has 0 spiro atoms. The summed E-state index contributed by atoms with van der Waals surface area (Å²) >= 11 is 7.71. The van der Waals surface area contributed by atoms with Crippen molar-refractivity contribution < 1.29 is 14.3 Å². The number of Topliss-reactive ketones (excluding diaryl/α,β-unsaturated/α-hetero) is 1. The third-order valence-corrected chi connectivity index (χ3v) is 8.04. The number of carbonyl (C=O) groups excluding carboxylic acids is 1. The number of aromatic nitrogens is 2. The number of anilines is 1. The summed E-state index contributed by atoms with van der Waals surface area (Å²) in [6.45, 7) is 4.31. The highest BCUT2D eigenvalue weighted by Gasteiger charge is 2.42. The number of aromatic amines is 1. The van der Waals surface area contributed by atoms with Crippen molar-refractivity contribution in [2.24, 2.45) is 5.41 Å². The molecule has 2 N–H and O–H groups in total. The maximum atomic E-state index is 13.5. The van der Waals surface area contributed by atoms with Gasteiger partial charge in [-0.3, -0.25) is 9.59 Å². The van der Waals surface area contributed by atoms with E-state index in [0.717, 1.165) is 16.8 Å². The molecule has 0 amide bonds. The summed E-state index contributed by atoms with van der Waals surface area (Å²) in [4.78, 5) is 34.7. The second-order valence-electron chi connectivity index (χ2n) is 10.0. The van der Waals surface area contributed by atoms with E-state index in [-0.39, 0.29) is 23.6 Å². The van der Waals surface area contributed by atoms with E-state index in [1.807, 2.05) is 42.5 Å². The van der Waals surface area contributed by atoms with E-state index in [2.05, 4.69) is 24.1 Å². The number of carbonyl (C=O) groups is 1. The number of ether oxygens (including phenoxy) is 2. The molecule has 0 unspecified atom stereocenters. The van der Waals surface area contributed by atoms with Gasteiger partial charge in [0.15, 0.2) is 22.4 Å². The minimum absolute atomic E-state index is 0.0404. The van der Waals surface area contributed by atoms with Gasteiger partial charge in [-0.2, -0.15) is 0 Å². The van der Waals surface area contributed by atoms with Crippen molar-refractivity contribution in [3.8, 4) is 11.5 Å². The molecular formula is C27H24ClN3O4S. The molecule has 0 saturated heterocycles. The molecule has 184 valence electrons. The molecule has 9 heteroatoms. The van der Waals surface area contributed by atoms with Gasteiger partial charge < -0.3 is 19.8 Å². The number of rotatable bonds is 4. The van der Waals surface area contributed by atoms with Crippen LogP contribution in [0.15, 0.2) is 63.7 Å². The van der Waals surface area contributed by atoms with Gasteiger partial charge >= 0.3 is 0 Å². The molecule has 3 heterocycles. The largest absolute Gasteiger partial charge is 0.454 e. The summed E-state index contributed by atoms with van der Waals surface area (Å²) in [6.07, 6.45) is 1.10. The number of allylic oxidation sites excluding steroid dienone is 2. The van der Waals surface area contributed by atoms with E-state index >= 15 is 0 Å². The lowest BCUT2D eigenvalue weighted by Gasteiger charge is -2.38. The van der Waals surface area contributed by atoms with E-state index in [1.54, 1.807) is 0 Å². The van der Waals surface area contributed by atoms with Crippen LogP contribution in [0.2, 0.25) is 5.02 Å². The summed E-state index contributed by atoms with van der Waals surface area (Å²) in [5.74, 6) is 1.79. The Hall–Kier alpha value is -3.23. The Bertz CT molecular complexity index is 1500. The van der Waals surface area contributed by atoms with Crippen LogP contribution in [0.1, 0.15) is 49.3 Å². The molecule has 36 heavy (non-hydrogen) atoms. The van der Waals surface area contributed by atoms with Crippen molar-refractivity contribution in [1.82, 2.24) is 9.97 Å². The van der Waals surface area contributed by atoms with Crippen LogP contribution >= 0.6 is 23.4 Å². The van der Waals surface area contributed by atoms with Gasteiger partial charge in [-0.25, -0.2) is 4.98 Å². The van der Waals surface area contributed by atoms with Crippen LogP contribution in [0.4, 0.5) is 5.82 Å². The van der Waals surface area contributed by atoms with Gasteiger partial charge in [-0.1, -0.05) is 61.5 Å². The fourth-order valence-electron chi connectivity index (χ4n) is 5.15. The van der Waals surface area contributed by atoms with Crippen LogP contribution in [-0.2, 0) is 10.5 Å². The SMILES string of the molecule is CC1(C)CC(=O)C2=C(C1)Nc1nc(SCc3ccccc3Cl)[nH]c(=O)c1[C@H]2c1ccc2c(c1)OCO2. The maximum absolute atomic E-state index is 13.5. The second-order valence-corrected chi connectivity index (χ2v) is 11.4. The van der Waals surface area contributed by atoms with Gasteiger partial charge in [-0.15, -0.1) is 0 Å². The summed E-state index contributed by atoms with van der Waals surface area (Å²) in [7, 11) is 0. The monoisotopic (exact) mass is 521 g/mol. The summed E-state index contributed by atoms with van der Waals surface area (Å²) < 4.78 is 11.1. The van der Waals surface area contributed by atoms with Crippen molar-refractivity contribution in [3.63, 3.8) is 0 Å². The molecule has 1 atom stereocenters. The van der Waals surface area contributed by atoms with E-state index in [9.17, 15) is 9.59 Å². The van der Waals surface area contributed by atoms with Crippen molar-refractivity contribution in [3.05, 3.63) is 85.8 Å². The Labute approximate surface area is 217 Å². The number of halogens is 1. The van der Waals surface area contributed by atoms with Crippen LogP contribution in [0.3, 0.4) is 0 Å². The van der Waals surface area contributed by atoms with Crippen molar-refractivity contribution >= 4 is 35.0 Å². The quantitative estimate of drug-likeness (QED) is 0.338. The van der Waals surface area contributed by atoms with Gasteiger partial charge in [-0.05, 0) is 41.2 Å². The Morgan fingerprint density at radius 1 is 1.11 bits per heavy atom. The highest BCUT2D eigenvalue weighted by molar-refractivity contribution is 7.98. The molecule has 0 radical (unpaired) electrons. The molecule has 6 rings (SSSR count). The third-order valence-electron chi connectivity index (χ3n) is 6.75. The molecule has 0 bridgehead atoms. The first-order valence-corrected chi connectivity index (χ1v) is 13.1. The highest BCUT2D eigenvalue weighted by atomic mass is 35.5. The van der Waals surface area contributed by atoms with E-state index in [0.29, 0.717) is 57.2 Å². The minimum atomic E-state index is -0.548. The van der Waals surface area contributed by atoms with E-state index in [1.165, 1.54) is 11.8 Å². The number of nitrogens with one attached hydrogen (secondary N) is 2. The number of hydrogen-bond acceptors (Lipinski definition) is 7. The lowest BCUT2D eigenvalue weighted by Crippen LogP contribution is -2.37. The van der Waals surface area contributed by atoms with E-state index in [4.69, 9.17) is 26.1 Å². The second kappa shape index (κ2) is 8.71. The minimum Gasteiger partial charge on any atom is -0.454 e. The van der Waals surface area contributed by atoms with Crippen molar-refractivity contribution in [2.75, 3.05) is 12.1 Å². The summed E-state index contributed by atoms with van der Waals surface area (Å²) in [5.41, 5.74) is 3.18. The van der Waals surface area contributed by atoms with Crippen LogP contribution in [0.25, 0.3) is 0 Å². The number of nitrogens with zero attached hydrogens (tertiary/aromatic N) is 1. The van der Waals surface area contributed by atoms with Crippen LogP contribution in [0, 0.1) is 5.41 Å². The number of fused-ring (bicyclic) bond motifs is 2. The van der Waals surface area contributed by atoms with Gasteiger partial charge in [0.05, 0.1) is 5.56 Å². The standard InChI is InChI=1S/C27H24ClN3O4S/c1-27(2)10-17-22(18(32)11-27)21(14-7-8-19-20(9-14)35-13-34-19)23-24(29-17)30-26(31-25(23)33)36-12-15-5-3-4-6-16(15)28/h3-9,21H,10-13H2,1-2H3,(H2,29,30,31,33)/t21-/m0/s1. The van der Waals surface area contributed by atoms with Gasteiger partial charge in [0, 0.05) is 34.4 Å². The van der Waals surface area contributed by atoms with Crippen molar-refractivity contribution in [2.45, 2.75) is 43.5 Å². The maximum Gasteiger partial charge on any atom is 0.257 e. The lowest BCUT2D eigenvalue weighted by molar-refractivity contribution is -0.118. The predicted octanol–water partition coefficient (Wildman–Crippen LogP) is 5.64. The average Bonchev–Trinajstić information content (AvgIpc) is 3.29. The molecule has 0 saturated carbocycles. The Morgan fingerprint density at radius 3 is 2.75 bits per heavy atom. The first kappa shape index (κ1) is 23.2. The van der Waals surface area contributed by atoms with Crippen LogP contribution in [0.5, 0.6) is 11.5 Å². The number of benzene rings is 2. The van der Waals surface area contributed by atoms with E-state index < -0.39 is 5.92 Å². The van der Waals surface area contributed by atoms with Crippen LogP contribution in [-0.4, -0.2) is 22.5 Å². The molecule has 3 aromatic rings. The first-order valence-electron chi connectivity index (χ1n) is 11.7. The fourth-order valence-corrected chi connectivity index (χ4v) is 6.30. The Balaban J connectivity index is 1.44. The zero-order valence-corrected chi connectivity index (χ0v) is 21.4. The Kier molecular flexibility index (Phi) is 5.61. The number of H-pyrrole nitrogens is 1. The zero-order valence-electron chi connectivity index (χ0n) is 19.8. The molecule has 1 aliphatic carbocycles. The third kappa shape index (κ3) is 4.08. The zero-order chi connectivity index (χ0) is 25.0. The smallest absolute Gasteiger partial charge is 0.257 e. The normalized spacial score (nSPS) is 19.5. The topological polar surface area (TPSA) is 93.3 Å². The molecule has 1 aromatic heterocycles. The van der Waals surface area contributed by atoms with Gasteiger partial charge in [0.25, 0.3) is 5.56 Å². The lowest BCUT2D eigenvalue weighted by atomic mass is 9.69. The fraction of sp³-hybridized carbons (Fsp3) is 0.296. The van der Waals surface area contributed by atoms with Gasteiger partial charge in [0.2, 0.25) is 6.79 Å². The highest BCUT2D eigenvalue weighted by Crippen LogP contribution is 2.49. The number of hydrogen-bond donors (Lipinski definition) is 2. The summed E-state index contributed by atoms with van der Waals surface area (Å²) in [6, 6.07) is 13.2.